The standard InChI is InChI=1S/C22H21ClFN3O5S2/c23-20-17(32-16-8-10-26(11-9-16)12-15-4-2-1-3-5-15)6-7-18(21(20)24)34(30,31)27(22(28)29)19-13-33-14-25-19/h1-7,13-14,16H,8-12H2,(H,28,29). The van der Waals surface area contributed by atoms with Crippen molar-refractivity contribution in [3.63, 3.8) is 0 Å². The molecule has 4 rings (SSSR count). The summed E-state index contributed by atoms with van der Waals surface area (Å²) in [7, 11) is -4.81. The highest BCUT2D eigenvalue weighted by molar-refractivity contribution is 7.93. The lowest BCUT2D eigenvalue weighted by molar-refractivity contribution is 0.0965. The van der Waals surface area contributed by atoms with Crippen LogP contribution in [0.15, 0.2) is 58.3 Å². The summed E-state index contributed by atoms with van der Waals surface area (Å²) in [5.41, 5.74) is 2.49. The van der Waals surface area contributed by atoms with Gasteiger partial charge in [0.2, 0.25) is 0 Å². The number of benzene rings is 2. The summed E-state index contributed by atoms with van der Waals surface area (Å²) in [6, 6.07) is 12.3. The number of hydrogen-bond acceptors (Lipinski definition) is 7. The van der Waals surface area contributed by atoms with E-state index in [1.807, 2.05) is 18.2 Å². The van der Waals surface area contributed by atoms with Crippen molar-refractivity contribution in [1.29, 1.82) is 0 Å². The predicted molar refractivity (Wildman–Crippen MR) is 127 cm³/mol. The van der Waals surface area contributed by atoms with Crippen LogP contribution in [0.1, 0.15) is 18.4 Å². The number of hydrogen-bond donors (Lipinski definition) is 1. The third-order valence-corrected chi connectivity index (χ3v) is 8.03. The molecular formula is C22H21ClFN3O5S2. The molecule has 0 radical (unpaired) electrons. The Morgan fingerprint density at radius 1 is 1.24 bits per heavy atom. The first-order valence-electron chi connectivity index (χ1n) is 10.3. The number of thiazole rings is 1. The first-order valence-corrected chi connectivity index (χ1v) is 13.1. The second-order valence-corrected chi connectivity index (χ2v) is 10.5. The van der Waals surface area contributed by atoms with Crippen molar-refractivity contribution in [2.45, 2.75) is 30.4 Å². The van der Waals surface area contributed by atoms with Crippen LogP contribution in [0.25, 0.3) is 0 Å². The first-order chi connectivity index (χ1) is 16.3. The lowest BCUT2D eigenvalue weighted by Crippen LogP contribution is -2.38. The first kappa shape index (κ1) is 24.4. The van der Waals surface area contributed by atoms with Gasteiger partial charge in [0.05, 0.1) is 5.51 Å². The van der Waals surface area contributed by atoms with E-state index >= 15 is 4.39 Å². The molecule has 12 heteroatoms. The molecule has 1 amide bonds. The summed E-state index contributed by atoms with van der Waals surface area (Å²) >= 11 is 7.12. The number of likely N-dealkylation sites (tertiary alicyclic amines) is 1. The zero-order chi connectivity index (χ0) is 24.3. The van der Waals surface area contributed by atoms with Crippen LogP contribution in [0, 0.1) is 5.82 Å². The molecule has 34 heavy (non-hydrogen) atoms. The molecule has 0 aliphatic carbocycles. The van der Waals surface area contributed by atoms with Gasteiger partial charge in [-0.1, -0.05) is 41.9 Å². The average molecular weight is 526 g/mol. The fraction of sp³-hybridized carbons (Fsp3) is 0.273. The number of piperidine rings is 1. The number of sulfonamides is 1. The summed E-state index contributed by atoms with van der Waals surface area (Å²) in [5.74, 6) is -1.62. The van der Waals surface area contributed by atoms with E-state index in [0.29, 0.717) is 12.8 Å². The van der Waals surface area contributed by atoms with Crippen molar-refractivity contribution in [3.05, 3.63) is 69.8 Å². The summed E-state index contributed by atoms with van der Waals surface area (Å²) < 4.78 is 46.7. The van der Waals surface area contributed by atoms with E-state index in [2.05, 4.69) is 22.0 Å². The largest absolute Gasteiger partial charge is 0.489 e. The van der Waals surface area contributed by atoms with Gasteiger partial charge in [0.1, 0.15) is 21.8 Å². The molecule has 1 aliphatic rings. The van der Waals surface area contributed by atoms with Crippen LogP contribution in [0.2, 0.25) is 5.02 Å². The second kappa shape index (κ2) is 10.3. The molecule has 1 aromatic heterocycles. The quantitative estimate of drug-likeness (QED) is 0.470. The molecule has 2 aromatic carbocycles. The van der Waals surface area contributed by atoms with Crippen LogP contribution in [-0.2, 0) is 16.6 Å². The molecule has 1 fully saturated rings. The molecular weight excluding hydrogens is 505 g/mol. The Labute approximate surface area is 205 Å². The van der Waals surface area contributed by atoms with Crippen LogP contribution in [0.5, 0.6) is 5.75 Å². The Morgan fingerprint density at radius 3 is 2.56 bits per heavy atom. The Kier molecular flexibility index (Phi) is 7.36. The molecule has 2 heterocycles. The number of aromatic nitrogens is 1. The van der Waals surface area contributed by atoms with E-state index < -0.39 is 31.9 Å². The highest BCUT2D eigenvalue weighted by Gasteiger charge is 2.36. The topological polar surface area (TPSA) is 100 Å². The summed E-state index contributed by atoms with van der Waals surface area (Å²) in [6.07, 6.45) is -0.635. The number of halogens is 2. The number of anilines is 1. The zero-order valence-electron chi connectivity index (χ0n) is 17.8. The monoisotopic (exact) mass is 525 g/mol. The van der Waals surface area contributed by atoms with Crippen LogP contribution >= 0.6 is 22.9 Å². The number of rotatable bonds is 7. The van der Waals surface area contributed by atoms with E-state index in [-0.39, 0.29) is 22.0 Å². The lowest BCUT2D eigenvalue weighted by Gasteiger charge is -2.32. The van der Waals surface area contributed by atoms with Crippen LogP contribution in [0.3, 0.4) is 0 Å². The van der Waals surface area contributed by atoms with Crippen molar-refractivity contribution in [1.82, 2.24) is 9.88 Å². The maximum atomic E-state index is 15.0. The minimum Gasteiger partial charge on any atom is -0.489 e. The molecule has 1 aliphatic heterocycles. The number of carbonyl (C=O) groups is 1. The Hall–Kier alpha value is -2.73. The van der Waals surface area contributed by atoms with Gasteiger partial charge in [-0.25, -0.2) is 22.6 Å². The normalized spacial score (nSPS) is 15.2. The molecule has 0 bridgehead atoms. The van der Waals surface area contributed by atoms with Crippen molar-refractivity contribution in [2.75, 3.05) is 17.4 Å². The Bertz CT molecular complexity index is 1250. The Morgan fingerprint density at radius 2 is 1.94 bits per heavy atom. The third kappa shape index (κ3) is 5.17. The molecule has 0 spiro atoms. The van der Waals surface area contributed by atoms with Gasteiger partial charge in [-0.05, 0) is 30.5 Å². The highest BCUT2D eigenvalue weighted by atomic mass is 35.5. The maximum absolute atomic E-state index is 15.0. The number of nitrogens with zero attached hydrogens (tertiary/aromatic N) is 3. The molecule has 0 atom stereocenters. The molecule has 0 unspecified atom stereocenters. The zero-order valence-corrected chi connectivity index (χ0v) is 20.2. The number of carboxylic acid groups (broad SMARTS) is 1. The highest BCUT2D eigenvalue weighted by Crippen LogP contribution is 2.35. The van der Waals surface area contributed by atoms with Crippen LogP contribution in [0.4, 0.5) is 15.0 Å². The molecule has 3 aromatic rings. The van der Waals surface area contributed by atoms with E-state index in [9.17, 15) is 18.3 Å². The van der Waals surface area contributed by atoms with Gasteiger partial charge in [0, 0.05) is 25.0 Å². The summed E-state index contributed by atoms with van der Waals surface area (Å²) in [5, 5.41) is 10.1. The van der Waals surface area contributed by atoms with Crippen LogP contribution in [-0.4, -0.2) is 48.7 Å². The van der Waals surface area contributed by atoms with Crippen molar-refractivity contribution in [3.8, 4) is 5.75 Å². The summed E-state index contributed by atoms with van der Waals surface area (Å²) in [6.45, 7) is 2.40. The van der Waals surface area contributed by atoms with E-state index in [1.165, 1.54) is 22.5 Å². The van der Waals surface area contributed by atoms with Crippen LogP contribution < -0.4 is 9.04 Å². The van der Waals surface area contributed by atoms with Gasteiger partial charge in [-0.3, -0.25) is 4.90 Å². The maximum Gasteiger partial charge on any atom is 0.427 e. The smallest absolute Gasteiger partial charge is 0.427 e. The second-order valence-electron chi connectivity index (χ2n) is 7.67. The van der Waals surface area contributed by atoms with Gasteiger partial charge < -0.3 is 9.84 Å². The van der Waals surface area contributed by atoms with Crippen molar-refractivity contribution < 1.29 is 27.4 Å². The minimum absolute atomic E-state index is 0.00941. The lowest BCUT2D eigenvalue weighted by atomic mass is 10.1. The van der Waals surface area contributed by atoms with E-state index in [0.717, 1.165) is 37.0 Å². The molecule has 1 saturated heterocycles. The molecule has 180 valence electrons. The van der Waals surface area contributed by atoms with Gasteiger partial charge in [-0.2, -0.15) is 0 Å². The van der Waals surface area contributed by atoms with E-state index in [1.54, 1.807) is 0 Å². The molecule has 8 nitrogen and oxygen atoms in total. The van der Waals surface area contributed by atoms with Crippen molar-refractivity contribution >= 4 is 44.9 Å². The van der Waals surface area contributed by atoms with Gasteiger partial charge in [0.15, 0.2) is 11.6 Å². The van der Waals surface area contributed by atoms with Gasteiger partial charge in [-0.15, -0.1) is 15.6 Å². The van der Waals surface area contributed by atoms with Crippen molar-refractivity contribution in [2.24, 2.45) is 0 Å². The van der Waals surface area contributed by atoms with E-state index in [4.69, 9.17) is 16.3 Å². The Balaban J connectivity index is 1.46. The number of amides is 1. The van der Waals surface area contributed by atoms with Gasteiger partial charge in [0.25, 0.3) is 10.0 Å². The minimum atomic E-state index is -4.81. The molecule has 1 N–H and O–H groups in total. The summed E-state index contributed by atoms with van der Waals surface area (Å²) in [4.78, 5) is 16.7. The predicted octanol–water partition coefficient (Wildman–Crippen LogP) is 4.85. The van der Waals surface area contributed by atoms with Gasteiger partial charge >= 0.3 is 6.09 Å². The molecule has 0 saturated carbocycles. The number of ether oxygens (including phenoxy) is 1. The fourth-order valence-corrected chi connectivity index (χ4v) is 5.91. The fourth-order valence-electron chi connectivity index (χ4n) is 3.74. The average Bonchev–Trinajstić information content (AvgIpc) is 3.32. The third-order valence-electron chi connectivity index (χ3n) is 5.41. The SMILES string of the molecule is O=C(O)N(c1cscn1)S(=O)(=O)c1ccc(OC2CCN(Cc3ccccc3)CC2)c(Cl)c1F.